The van der Waals surface area contributed by atoms with E-state index in [1.54, 1.807) is 40.9 Å². The van der Waals surface area contributed by atoms with Crippen molar-refractivity contribution in [2.24, 2.45) is 0 Å². The molecule has 1 atom stereocenters. The van der Waals surface area contributed by atoms with E-state index in [0.29, 0.717) is 35.7 Å². The fourth-order valence-corrected chi connectivity index (χ4v) is 4.31. The summed E-state index contributed by atoms with van der Waals surface area (Å²) in [6, 6.07) is 8.37. The topological polar surface area (TPSA) is 91.0 Å². The number of fused-ring (bicyclic) bond motifs is 1. The predicted octanol–water partition coefficient (Wildman–Crippen LogP) is 2.80. The van der Waals surface area contributed by atoms with Crippen LogP contribution in [0.4, 0.5) is 0 Å². The fourth-order valence-electron chi connectivity index (χ4n) is 4.31. The van der Waals surface area contributed by atoms with Crippen LogP contribution in [0.15, 0.2) is 54.5 Å². The maximum atomic E-state index is 13.2. The summed E-state index contributed by atoms with van der Waals surface area (Å²) in [5, 5.41) is 11.4. The van der Waals surface area contributed by atoms with Crippen molar-refractivity contribution in [1.82, 2.24) is 24.2 Å². The van der Waals surface area contributed by atoms with E-state index in [9.17, 15) is 14.7 Å². The summed E-state index contributed by atoms with van der Waals surface area (Å²) >= 11 is 0. The minimum atomic E-state index is -0.715. The third-order valence-corrected chi connectivity index (χ3v) is 6.02. The highest BCUT2D eigenvalue weighted by Gasteiger charge is 2.46. The number of amides is 1. The molecule has 8 nitrogen and oxygen atoms in total. The Morgan fingerprint density at radius 1 is 1.16 bits per heavy atom. The number of aliphatic hydroxyl groups excluding tert-OH is 1. The molecule has 1 unspecified atom stereocenters. The number of pyridine rings is 2. The molecule has 1 aliphatic rings. The molecule has 0 spiro atoms. The Labute approximate surface area is 186 Å². The summed E-state index contributed by atoms with van der Waals surface area (Å²) < 4.78 is 1.73. The number of Topliss-reactive ketones (excluding diaryl/α,β-unsaturated/α-hetero) is 1. The van der Waals surface area contributed by atoms with Crippen LogP contribution in [0.1, 0.15) is 36.8 Å². The van der Waals surface area contributed by atoms with Crippen LogP contribution in [0.25, 0.3) is 11.4 Å². The lowest BCUT2D eigenvalue weighted by molar-refractivity contribution is -0.140. The number of aliphatic hydroxyl groups is 1. The Morgan fingerprint density at radius 3 is 2.62 bits per heavy atom. The molecule has 0 bridgehead atoms. The monoisotopic (exact) mass is 433 g/mol. The van der Waals surface area contributed by atoms with E-state index in [2.05, 4.69) is 28.7 Å². The Bertz CT molecular complexity index is 1180. The van der Waals surface area contributed by atoms with Crippen molar-refractivity contribution in [2.45, 2.75) is 26.8 Å². The smallest absolute Gasteiger partial charge is 0.295 e. The number of aromatic nitrogens is 3. The average Bonchev–Trinajstić information content (AvgIpc) is 3.28. The van der Waals surface area contributed by atoms with Gasteiger partial charge >= 0.3 is 0 Å². The molecular formula is C24H27N5O3. The zero-order chi connectivity index (χ0) is 22.8. The molecule has 1 aliphatic heterocycles. The Balaban J connectivity index is 1.86. The number of nitrogens with zero attached hydrogens (tertiary/aromatic N) is 5. The summed E-state index contributed by atoms with van der Waals surface area (Å²) in [4.78, 5) is 38.7. The molecule has 8 heteroatoms. The van der Waals surface area contributed by atoms with Gasteiger partial charge in [0.25, 0.3) is 11.7 Å². The number of carbonyl (C=O) groups is 2. The van der Waals surface area contributed by atoms with Gasteiger partial charge in [0.15, 0.2) is 5.76 Å². The first-order valence-electron chi connectivity index (χ1n) is 10.8. The van der Waals surface area contributed by atoms with Gasteiger partial charge in [-0.2, -0.15) is 0 Å². The summed E-state index contributed by atoms with van der Waals surface area (Å²) in [7, 11) is 0. The lowest BCUT2D eigenvalue weighted by atomic mass is 9.97. The third-order valence-electron chi connectivity index (χ3n) is 6.02. The highest BCUT2D eigenvalue weighted by Crippen LogP contribution is 2.39. The summed E-state index contributed by atoms with van der Waals surface area (Å²) in [5.74, 6) is -1.53. The second kappa shape index (κ2) is 8.92. The molecule has 0 aliphatic carbocycles. The summed E-state index contributed by atoms with van der Waals surface area (Å²) in [6.45, 7) is 8.59. The van der Waals surface area contributed by atoms with Crippen LogP contribution in [-0.2, 0) is 9.59 Å². The maximum absolute atomic E-state index is 13.2. The number of aryl methyl sites for hydroxylation is 1. The van der Waals surface area contributed by atoms with Crippen LogP contribution in [0.2, 0.25) is 0 Å². The minimum absolute atomic E-state index is 0.0660. The van der Waals surface area contributed by atoms with Gasteiger partial charge in [-0.15, -0.1) is 0 Å². The first-order chi connectivity index (χ1) is 15.5. The largest absolute Gasteiger partial charge is 0.505 e. The number of ketones is 1. The van der Waals surface area contributed by atoms with Crippen molar-refractivity contribution in [3.05, 3.63) is 71.4 Å². The molecule has 1 saturated heterocycles. The first-order valence-corrected chi connectivity index (χ1v) is 10.8. The normalized spacial score (nSPS) is 18.2. The molecule has 4 heterocycles. The van der Waals surface area contributed by atoms with Gasteiger partial charge in [-0.1, -0.05) is 26.0 Å². The SMILES string of the molecule is CCN(CC)CCN1C(=O)C(=O)/C(=C(/O)c2c(C)nc3ccccn23)C1c1cccnc1. The van der Waals surface area contributed by atoms with Crippen molar-refractivity contribution in [1.29, 1.82) is 0 Å². The van der Waals surface area contributed by atoms with E-state index in [1.807, 2.05) is 24.3 Å². The molecule has 4 rings (SSSR count). The third kappa shape index (κ3) is 3.67. The van der Waals surface area contributed by atoms with Gasteiger partial charge in [0.05, 0.1) is 17.3 Å². The van der Waals surface area contributed by atoms with Crippen LogP contribution >= 0.6 is 0 Å². The van der Waals surface area contributed by atoms with Crippen molar-refractivity contribution < 1.29 is 14.7 Å². The van der Waals surface area contributed by atoms with E-state index < -0.39 is 17.7 Å². The highest BCUT2D eigenvalue weighted by molar-refractivity contribution is 6.46. The molecule has 1 fully saturated rings. The molecule has 0 saturated carbocycles. The van der Waals surface area contributed by atoms with E-state index >= 15 is 0 Å². The van der Waals surface area contributed by atoms with Gasteiger partial charge in [-0.25, -0.2) is 4.98 Å². The first kappa shape index (κ1) is 21.7. The number of hydrogen-bond donors (Lipinski definition) is 1. The van der Waals surface area contributed by atoms with Gasteiger partial charge in [-0.05, 0) is 43.8 Å². The lowest BCUT2D eigenvalue weighted by Gasteiger charge is -2.28. The second-order valence-corrected chi connectivity index (χ2v) is 7.78. The predicted molar refractivity (Wildman–Crippen MR) is 121 cm³/mol. The molecule has 0 radical (unpaired) electrons. The molecule has 32 heavy (non-hydrogen) atoms. The van der Waals surface area contributed by atoms with E-state index in [4.69, 9.17) is 0 Å². The van der Waals surface area contributed by atoms with Crippen LogP contribution < -0.4 is 0 Å². The second-order valence-electron chi connectivity index (χ2n) is 7.78. The van der Waals surface area contributed by atoms with Gasteiger partial charge in [0.2, 0.25) is 0 Å². The molecule has 3 aromatic rings. The van der Waals surface area contributed by atoms with E-state index in [-0.39, 0.29) is 11.3 Å². The van der Waals surface area contributed by atoms with Crippen LogP contribution in [0, 0.1) is 6.92 Å². The lowest BCUT2D eigenvalue weighted by Crippen LogP contribution is -2.38. The van der Waals surface area contributed by atoms with Crippen LogP contribution in [0.5, 0.6) is 0 Å². The summed E-state index contributed by atoms with van der Waals surface area (Å²) in [6.07, 6.45) is 5.05. The van der Waals surface area contributed by atoms with Gasteiger partial charge in [0, 0.05) is 31.7 Å². The Morgan fingerprint density at radius 2 is 1.94 bits per heavy atom. The van der Waals surface area contributed by atoms with E-state index in [1.165, 1.54) is 0 Å². The molecule has 1 N–H and O–H groups in total. The quantitative estimate of drug-likeness (QED) is 0.350. The number of hydrogen-bond acceptors (Lipinski definition) is 6. The van der Waals surface area contributed by atoms with Crippen molar-refractivity contribution >= 4 is 23.1 Å². The zero-order valence-corrected chi connectivity index (χ0v) is 18.5. The van der Waals surface area contributed by atoms with Crippen molar-refractivity contribution in [2.75, 3.05) is 26.2 Å². The maximum Gasteiger partial charge on any atom is 0.295 e. The highest BCUT2D eigenvalue weighted by atomic mass is 16.3. The zero-order valence-electron chi connectivity index (χ0n) is 18.5. The Hall–Kier alpha value is -3.52. The standard InChI is InChI=1S/C24H27N5O3/c1-4-27(5-2)13-14-29-21(17-9-8-11-25-15-17)19(23(31)24(29)32)22(30)20-16(3)26-18-10-6-7-12-28(18)20/h6-12,15,21,30H,4-5,13-14H2,1-3H3/b22-19+. The van der Waals surface area contributed by atoms with Crippen molar-refractivity contribution in [3.63, 3.8) is 0 Å². The van der Waals surface area contributed by atoms with E-state index in [0.717, 1.165) is 13.1 Å². The number of likely N-dealkylation sites (N-methyl/N-ethyl adjacent to an activating group) is 1. The molecular weight excluding hydrogens is 406 g/mol. The van der Waals surface area contributed by atoms with Gasteiger partial charge < -0.3 is 14.9 Å². The molecule has 1 amide bonds. The van der Waals surface area contributed by atoms with Crippen LogP contribution in [0.3, 0.4) is 0 Å². The van der Waals surface area contributed by atoms with Crippen molar-refractivity contribution in [3.8, 4) is 0 Å². The molecule has 0 aromatic carbocycles. The number of carbonyl (C=O) groups excluding carboxylic acids is 2. The van der Waals surface area contributed by atoms with Gasteiger partial charge in [-0.3, -0.25) is 19.0 Å². The average molecular weight is 434 g/mol. The van der Waals surface area contributed by atoms with Crippen LogP contribution in [-0.4, -0.2) is 67.1 Å². The minimum Gasteiger partial charge on any atom is -0.505 e. The molecule has 3 aromatic heterocycles. The number of rotatable bonds is 7. The fraction of sp³-hybridized carbons (Fsp3) is 0.333. The number of imidazole rings is 1. The Kier molecular flexibility index (Phi) is 6.05. The number of likely N-dealkylation sites (tertiary alicyclic amines) is 1. The molecule has 166 valence electrons. The summed E-state index contributed by atoms with van der Waals surface area (Å²) in [5.41, 5.74) is 2.39. The van der Waals surface area contributed by atoms with Gasteiger partial charge in [0.1, 0.15) is 11.3 Å².